The maximum Gasteiger partial charge on any atom is 0.274 e. The number of hydrogen-bond acceptors (Lipinski definition) is 6. The van der Waals surface area contributed by atoms with E-state index in [0.717, 1.165) is 35.7 Å². The second-order valence-electron chi connectivity index (χ2n) is 7.07. The number of carbonyl (C=O) groups is 1. The maximum atomic E-state index is 12.7. The number of rotatable bonds is 5. The molecule has 0 bridgehead atoms. The first-order chi connectivity index (χ1) is 14.1. The molecule has 0 radical (unpaired) electrons. The number of anilines is 1. The third kappa shape index (κ3) is 4.40. The molecular weight excluding hydrogens is 386 g/mol. The molecule has 29 heavy (non-hydrogen) atoms. The number of thioether (sulfide) groups is 1. The highest BCUT2D eigenvalue weighted by Gasteiger charge is 2.26. The molecule has 0 unspecified atom stereocenters. The monoisotopic (exact) mass is 410 g/mol. The van der Waals surface area contributed by atoms with Crippen molar-refractivity contribution in [3.63, 3.8) is 0 Å². The van der Waals surface area contributed by atoms with Crippen LogP contribution in [-0.2, 0) is 4.79 Å². The Balaban J connectivity index is 1.35. The van der Waals surface area contributed by atoms with Crippen molar-refractivity contribution >= 4 is 23.5 Å². The molecule has 0 saturated carbocycles. The van der Waals surface area contributed by atoms with Crippen LogP contribution in [0.3, 0.4) is 0 Å². The summed E-state index contributed by atoms with van der Waals surface area (Å²) in [4.78, 5) is 20.1. The van der Waals surface area contributed by atoms with Crippen LogP contribution in [0.4, 0.5) is 5.82 Å². The minimum absolute atomic E-state index is 0.113. The molecule has 1 saturated heterocycles. The number of H-pyrrole nitrogens is 1. The fourth-order valence-corrected chi connectivity index (χ4v) is 4.15. The average molecular weight is 411 g/mol. The first-order valence-corrected chi connectivity index (χ1v) is 10.6. The van der Waals surface area contributed by atoms with E-state index in [1.807, 2.05) is 37.1 Å². The molecule has 1 aliphatic rings. The normalized spacial score (nSPS) is 14.3. The first-order valence-electron chi connectivity index (χ1n) is 9.60. The van der Waals surface area contributed by atoms with Crippen LogP contribution in [0.15, 0.2) is 47.8 Å². The number of pyridine rings is 1. The van der Waals surface area contributed by atoms with Crippen molar-refractivity contribution in [1.29, 1.82) is 0 Å². The van der Waals surface area contributed by atoms with E-state index >= 15 is 0 Å². The summed E-state index contributed by atoms with van der Waals surface area (Å²) in [5.41, 5.74) is 3.17. The molecule has 1 aliphatic heterocycles. The predicted octanol–water partition coefficient (Wildman–Crippen LogP) is 1.53. The van der Waals surface area contributed by atoms with Crippen LogP contribution >= 0.6 is 11.8 Å². The van der Waals surface area contributed by atoms with Gasteiger partial charge in [0.05, 0.1) is 30.7 Å². The van der Waals surface area contributed by atoms with Crippen LogP contribution in [-0.4, -0.2) is 62.9 Å². The second-order valence-corrected chi connectivity index (χ2v) is 8.01. The van der Waals surface area contributed by atoms with Crippen molar-refractivity contribution in [2.45, 2.75) is 19.0 Å². The topological polar surface area (TPSA) is 81.3 Å². The lowest BCUT2D eigenvalue weighted by molar-refractivity contribution is -0.364. The molecule has 8 nitrogen and oxygen atoms in total. The fourth-order valence-electron chi connectivity index (χ4n) is 3.36. The number of aromatic nitrogens is 5. The lowest BCUT2D eigenvalue weighted by atomic mass is 10.1. The first kappa shape index (κ1) is 19.4. The molecule has 9 heteroatoms. The van der Waals surface area contributed by atoms with Gasteiger partial charge in [0.15, 0.2) is 0 Å². The lowest BCUT2D eigenvalue weighted by Crippen LogP contribution is -2.50. The Morgan fingerprint density at radius 2 is 1.97 bits per heavy atom. The Labute approximate surface area is 173 Å². The summed E-state index contributed by atoms with van der Waals surface area (Å²) in [5, 5.41) is 12.7. The molecule has 1 aromatic carbocycles. The molecule has 3 aromatic rings. The Kier molecular flexibility index (Phi) is 5.75. The van der Waals surface area contributed by atoms with E-state index in [4.69, 9.17) is 0 Å². The van der Waals surface area contributed by atoms with Gasteiger partial charge < -0.3 is 4.90 Å². The molecule has 0 atom stereocenters. The van der Waals surface area contributed by atoms with Crippen LogP contribution < -0.4 is 9.88 Å². The number of carbonyl (C=O) groups excluding carboxylic acids is 1. The number of aryl methyl sites for hydroxylation is 2. The van der Waals surface area contributed by atoms with E-state index in [9.17, 15) is 4.79 Å². The SMILES string of the molecule is Cc1ccc(C)c(-n2nnnc2SCC(=O)N2CCN(c3cccc[nH+]3)CC2)c1. The molecule has 0 aliphatic carbocycles. The Bertz CT molecular complexity index is 984. The summed E-state index contributed by atoms with van der Waals surface area (Å²) in [6.07, 6.45) is 1.92. The van der Waals surface area contributed by atoms with Crippen molar-refractivity contribution in [2.75, 3.05) is 36.8 Å². The average Bonchev–Trinajstić information content (AvgIpc) is 3.23. The molecule has 150 valence electrons. The zero-order valence-electron chi connectivity index (χ0n) is 16.6. The van der Waals surface area contributed by atoms with Crippen molar-refractivity contribution in [2.24, 2.45) is 0 Å². The predicted molar refractivity (Wildman–Crippen MR) is 111 cm³/mol. The minimum Gasteiger partial charge on any atom is -0.334 e. The number of nitrogens with one attached hydrogen (secondary N) is 1. The number of piperazine rings is 1. The molecule has 1 N–H and O–H groups in total. The molecule has 0 spiro atoms. The van der Waals surface area contributed by atoms with Crippen LogP contribution in [0.2, 0.25) is 0 Å². The van der Waals surface area contributed by atoms with Gasteiger partial charge in [0.1, 0.15) is 13.1 Å². The van der Waals surface area contributed by atoms with Crippen molar-refractivity contribution < 1.29 is 9.78 Å². The van der Waals surface area contributed by atoms with Crippen LogP contribution in [0.25, 0.3) is 5.69 Å². The van der Waals surface area contributed by atoms with Crippen molar-refractivity contribution in [1.82, 2.24) is 25.1 Å². The third-order valence-corrected chi connectivity index (χ3v) is 5.93. The minimum atomic E-state index is 0.113. The van der Waals surface area contributed by atoms with Gasteiger partial charge in [0.25, 0.3) is 5.82 Å². The van der Waals surface area contributed by atoms with E-state index in [2.05, 4.69) is 49.7 Å². The standard InChI is InChI=1S/C20H23N7OS/c1-15-6-7-16(2)17(13-15)27-20(22-23-24-27)29-14-19(28)26-11-9-25(10-12-26)18-5-3-4-8-21-18/h3-8,13H,9-12,14H2,1-2H3/p+1. The van der Waals surface area contributed by atoms with Gasteiger partial charge in [-0.1, -0.05) is 30.0 Å². The molecule has 1 fully saturated rings. The summed E-state index contributed by atoms with van der Waals surface area (Å²) in [7, 11) is 0. The quantitative estimate of drug-likeness (QED) is 0.594. The highest BCUT2D eigenvalue weighted by atomic mass is 32.2. The third-order valence-electron chi connectivity index (χ3n) is 5.02. The van der Waals surface area contributed by atoms with Crippen molar-refractivity contribution in [3.05, 3.63) is 53.7 Å². The van der Waals surface area contributed by atoms with Gasteiger partial charge in [-0.05, 0) is 47.5 Å². The Morgan fingerprint density at radius 1 is 1.14 bits per heavy atom. The number of hydrogen-bond donors (Lipinski definition) is 0. The number of amides is 1. The maximum absolute atomic E-state index is 12.7. The van der Waals surface area contributed by atoms with Gasteiger partial charge >= 0.3 is 0 Å². The largest absolute Gasteiger partial charge is 0.334 e. The van der Waals surface area contributed by atoms with E-state index in [1.165, 1.54) is 11.8 Å². The zero-order valence-corrected chi connectivity index (χ0v) is 17.4. The Morgan fingerprint density at radius 3 is 2.72 bits per heavy atom. The lowest BCUT2D eigenvalue weighted by Gasteiger charge is -2.30. The number of aromatic amines is 1. The summed E-state index contributed by atoms with van der Waals surface area (Å²) in [5.74, 6) is 1.52. The highest BCUT2D eigenvalue weighted by Crippen LogP contribution is 2.22. The fraction of sp³-hybridized carbons (Fsp3) is 0.350. The van der Waals surface area contributed by atoms with E-state index < -0.39 is 0 Å². The number of benzene rings is 1. The van der Waals surface area contributed by atoms with Crippen LogP contribution in [0.1, 0.15) is 11.1 Å². The zero-order chi connectivity index (χ0) is 20.2. The van der Waals surface area contributed by atoms with Gasteiger partial charge in [-0.15, -0.1) is 5.10 Å². The molecular formula is C20H24N7OS+. The number of tetrazole rings is 1. The smallest absolute Gasteiger partial charge is 0.274 e. The highest BCUT2D eigenvalue weighted by molar-refractivity contribution is 7.99. The summed E-state index contributed by atoms with van der Waals surface area (Å²) in [6, 6.07) is 12.2. The number of nitrogens with zero attached hydrogens (tertiary/aromatic N) is 6. The summed E-state index contributed by atoms with van der Waals surface area (Å²) < 4.78 is 1.71. The van der Waals surface area contributed by atoms with E-state index in [0.29, 0.717) is 24.0 Å². The molecule has 4 rings (SSSR count). The van der Waals surface area contributed by atoms with Gasteiger partial charge in [-0.3, -0.25) is 9.69 Å². The van der Waals surface area contributed by atoms with Crippen LogP contribution in [0.5, 0.6) is 0 Å². The van der Waals surface area contributed by atoms with E-state index in [1.54, 1.807) is 4.68 Å². The van der Waals surface area contributed by atoms with E-state index in [-0.39, 0.29) is 5.91 Å². The van der Waals surface area contributed by atoms with Gasteiger partial charge in [0.2, 0.25) is 11.1 Å². The van der Waals surface area contributed by atoms with Gasteiger partial charge in [-0.25, -0.2) is 4.98 Å². The molecule has 2 aromatic heterocycles. The van der Waals surface area contributed by atoms with Gasteiger partial charge in [0, 0.05) is 6.07 Å². The van der Waals surface area contributed by atoms with Crippen molar-refractivity contribution in [3.8, 4) is 5.69 Å². The van der Waals surface area contributed by atoms with Gasteiger partial charge in [-0.2, -0.15) is 4.68 Å². The molecule has 3 heterocycles. The second kappa shape index (κ2) is 8.60. The summed E-state index contributed by atoms with van der Waals surface area (Å²) >= 11 is 1.38. The van der Waals surface area contributed by atoms with Crippen LogP contribution in [0, 0.1) is 13.8 Å². The summed E-state index contributed by atoms with van der Waals surface area (Å²) in [6.45, 7) is 7.12. The molecule has 1 amide bonds. The Hall–Kier alpha value is -2.94.